The van der Waals surface area contributed by atoms with Crippen LogP contribution in [-0.4, -0.2) is 90.2 Å². The Kier molecular flexibility index (Phi) is 9.21. The monoisotopic (exact) mass is 482 g/mol. The Bertz CT molecular complexity index is 1080. The molecule has 8 heteroatoms. The lowest BCUT2D eigenvalue weighted by Gasteiger charge is -2.37. The van der Waals surface area contributed by atoms with Gasteiger partial charge in [-0.15, -0.1) is 0 Å². The van der Waals surface area contributed by atoms with Gasteiger partial charge in [-0.3, -0.25) is 14.6 Å². The van der Waals surface area contributed by atoms with Crippen LogP contribution < -0.4 is 4.74 Å². The van der Waals surface area contributed by atoms with Crippen molar-refractivity contribution in [1.82, 2.24) is 19.7 Å². The molecule has 1 aromatic carbocycles. The molecule has 1 aliphatic rings. The van der Waals surface area contributed by atoms with Crippen molar-refractivity contribution in [2.75, 3.05) is 47.4 Å². The number of benzene rings is 1. The quantitative estimate of drug-likeness (QED) is 0.612. The van der Waals surface area contributed by atoms with Gasteiger partial charge in [-0.2, -0.15) is 0 Å². The largest absolute Gasteiger partial charge is 0.472 e. The average Bonchev–Trinajstić information content (AvgIpc) is 2.81. The number of carbonyl (C=O) groups excluding carboxylic acids is 1. The highest BCUT2D eigenvalue weighted by atomic mass is 19.1. The molecule has 0 spiro atoms. The molecule has 35 heavy (non-hydrogen) atoms. The molecule has 0 unspecified atom stereocenters. The zero-order valence-electron chi connectivity index (χ0n) is 21.2. The highest BCUT2D eigenvalue weighted by Crippen LogP contribution is 2.27. The highest BCUT2D eigenvalue weighted by Gasteiger charge is 2.34. The first-order chi connectivity index (χ1) is 16.7. The molecule has 2 heterocycles. The van der Waals surface area contributed by atoms with Gasteiger partial charge in [-0.1, -0.05) is 30.9 Å². The van der Waals surface area contributed by atoms with Crippen molar-refractivity contribution >= 4 is 5.91 Å². The highest BCUT2D eigenvalue weighted by molar-refractivity contribution is 5.97. The summed E-state index contributed by atoms with van der Waals surface area (Å²) in [5, 5.41) is 9.82. The minimum absolute atomic E-state index is 0.0302. The molecule has 188 valence electrons. The maximum absolute atomic E-state index is 13.6. The van der Waals surface area contributed by atoms with Gasteiger partial charge in [0.1, 0.15) is 17.5 Å². The zero-order valence-corrected chi connectivity index (χ0v) is 21.2. The fourth-order valence-corrected chi connectivity index (χ4v) is 4.01. The summed E-state index contributed by atoms with van der Waals surface area (Å²) < 4.78 is 19.9. The maximum atomic E-state index is 13.6. The average molecular weight is 483 g/mol. The van der Waals surface area contributed by atoms with Gasteiger partial charge in [0.05, 0.1) is 19.2 Å². The Morgan fingerprint density at radius 2 is 2.09 bits per heavy atom. The summed E-state index contributed by atoms with van der Waals surface area (Å²) in [6.07, 6.45) is 1.35. The first-order valence-electron chi connectivity index (χ1n) is 11.8. The third kappa shape index (κ3) is 7.25. The lowest BCUT2D eigenvalue weighted by molar-refractivity contribution is 0.0325. The summed E-state index contributed by atoms with van der Waals surface area (Å²) in [7, 11) is 5.83. The predicted molar refractivity (Wildman–Crippen MR) is 134 cm³/mol. The molecule has 0 saturated heterocycles. The number of carbonyl (C=O) groups is 1. The number of hydrogen-bond acceptors (Lipinski definition) is 6. The summed E-state index contributed by atoms with van der Waals surface area (Å²) in [6, 6.07) is 7.91. The number of aromatic nitrogens is 1. The molecule has 0 aliphatic carbocycles. The Morgan fingerprint density at radius 3 is 2.77 bits per heavy atom. The van der Waals surface area contributed by atoms with Crippen LogP contribution >= 0.6 is 0 Å². The first kappa shape index (κ1) is 26.6. The van der Waals surface area contributed by atoms with Gasteiger partial charge in [-0.05, 0) is 51.8 Å². The van der Waals surface area contributed by atoms with E-state index in [1.54, 1.807) is 23.2 Å². The lowest BCUT2D eigenvalue weighted by Crippen LogP contribution is -2.49. The van der Waals surface area contributed by atoms with E-state index in [2.05, 4.69) is 21.7 Å². The zero-order chi connectivity index (χ0) is 25.5. The molecule has 0 radical (unpaired) electrons. The molecule has 1 aliphatic heterocycles. The van der Waals surface area contributed by atoms with Crippen LogP contribution in [-0.2, 0) is 6.54 Å². The molecule has 0 bridgehead atoms. The standard InChI is InChI=1S/C27H35FN4O3/c1-19-15-32(20(2)18-33)27(34)24-13-21(9-7-11-30(3)4)14-29-26(24)35-25(19)17-31(5)16-22-8-6-10-23(28)12-22/h6,8,10,12-14,19-20,25,33H,11,15-18H2,1-5H3/t19-,20+,25+/m1/s1. The second-order valence-electron chi connectivity index (χ2n) is 9.57. The SMILES string of the molecule is C[C@@H]1CN([C@@H](C)CO)C(=O)c2cc(C#CCN(C)C)cnc2O[C@H]1CN(C)Cc1cccc(F)c1. The molecule has 3 rings (SSSR count). The van der Waals surface area contributed by atoms with Gasteiger partial charge >= 0.3 is 0 Å². The van der Waals surface area contributed by atoms with E-state index in [4.69, 9.17) is 4.74 Å². The topological polar surface area (TPSA) is 69.1 Å². The number of rotatable bonds is 7. The normalized spacial score (nSPS) is 18.9. The van der Waals surface area contributed by atoms with Crippen molar-refractivity contribution in [3.05, 3.63) is 59.0 Å². The Labute approximate surface area is 207 Å². The number of aliphatic hydroxyl groups is 1. The van der Waals surface area contributed by atoms with Crippen molar-refractivity contribution < 1.29 is 19.0 Å². The van der Waals surface area contributed by atoms with Gasteiger partial charge in [0.2, 0.25) is 5.88 Å². The molecule has 2 aromatic rings. The fraction of sp³-hybridized carbons (Fsp3) is 0.481. The van der Waals surface area contributed by atoms with E-state index in [0.717, 1.165) is 5.56 Å². The number of nitrogens with zero attached hydrogens (tertiary/aromatic N) is 4. The number of ether oxygens (including phenoxy) is 1. The van der Waals surface area contributed by atoms with Crippen LogP contribution in [0.1, 0.15) is 35.3 Å². The second-order valence-corrected chi connectivity index (χ2v) is 9.57. The summed E-state index contributed by atoms with van der Waals surface area (Å²) in [5.41, 5.74) is 1.84. The van der Waals surface area contributed by atoms with E-state index in [-0.39, 0.29) is 42.3 Å². The van der Waals surface area contributed by atoms with E-state index < -0.39 is 0 Å². The Morgan fingerprint density at radius 1 is 1.31 bits per heavy atom. The summed E-state index contributed by atoms with van der Waals surface area (Å²) >= 11 is 0. The van der Waals surface area contributed by atoms with E-state index in [0.29, 0.717) is 37.3 Å². The van der Waals surface area contributed by atoms with Crippen molar-refractivity contribution in [3.8, 4) is 17.7 Å². The molecular weight excluding hydrogens is 447 g/mol. The number of aliphatic hydroxyl groups excluding tert-OH is 1. The number of pyridine rings is 1. The lowest BCUT2D eigenvalue weighted by atomic mass is 9.99. The molecule has 0 saturated carbocycles. The van der Waals surface area contributed by atoms with Gasteiger partial charge in [0, 0.05) is 37.3 Å². The van der Waals surface area contributed by atoms with Crippen LogP contribution in [0.15, 0.2) is 36.5 Å². The number of amides is 1. The van der Waals surface area contributed by atoms with Crippen molar-refractivity contribution in [2.24, 2.45) is 5.92 Å². The molecule has 0 fully saturated rings. The van der Waals surface area contributed by atoms with Crippen molar-refractivity contribution in [3.63, 3.8) is 0 Å². The third-order valence-electron chi connectivity index (χ3n) is 5.98. The molecular formula is C27H35FN4O3. The van der Waals surface area contributed by atoms with Crippen LogP contribution in [0.4, 0.5) is 4.39 Å². The molecule has 1 N–H and O–H groups in total. The van der Waals surface area contributed by atoms with Crippen LogP contribution in [0.2, 0.25) is 0 Å². The Hall–Kier alpha value is -2.99. The smallest absolute Gasteiger partial charge is 0.259 e. The first-order valence-corrected chi connectivity index (χ1v) is 11.8. The van der Waals surface area contributed by atoms with Gasteiger partial charge < -0.3 is 14.7 Å². The molecule has 1 aromatic heterocycles. The van der Waals surface area contributed by atoms with Gasteiger partial charge in [-0.25, -0.2) is 9.37 Å². The van der Waals surface area contributed by atoms with Crippen molar-refractivity contribution in [1.29, 1.82) is 0 Å². The van der Waals surface area contributed by atoms with Crippen LogP contribution in [0.3, 0.4) is 0 Å². The summed E-state index contributed by atoms with van der Waals surface area (Å²) in [4.78, 5) is 23.6. The van der Waals surface area contributed by atoms with E-state index in [1.165, 1.54) is 12.1 Å². The Balaban J connectivity index is 1.89. The minimum atomic E-state index is -0.356. The fourth-order valence-electron chi connectivity index (χ4n) is 4.01. The maximum Gasteiger partial charge on any atom is 0.259 e. The molecule has 7 nitrogen and oxygen atoms in total. The van der Waals surface area contributed by atoms with E-state index in [1.807, 2.05) is 46.0 Å². The number of likely N-dealkylation sites (N-methyl/N-ethyl adjacent to an activating group) is 1. The van der Waals surface area contributed by atoms with Crippen LogP contribution in [0.5, 0.6) is 5.88 Å². The summed E-state index contributed by atoms with van der Waals surface area (Å²) in [6.45, 7) is 5.83. The van der Waals surface area contributed by atoms with E-state index >= 15 is 0 Å². The number of fused-ring (bicyclic) bond motifs is 1. The van der Waals surface area contributed by atoms with Crippen LogP contribution in [0, 0.1) is 23.6 Å². The van der Waals surface area contributed by atoms with Gasteiger partial charge in [0.25, 0.3) is 5.91 Å². The molecule has 3 atom stereocenters. The minimum Gasteiger partial charge on any atom is -0.472 e. The molecule has 1 amide bonds. The summed E-state index contributed by atoms with van der Waals surface area (Å²) in [5.74, 6) is 5.86. The van der Waals surface area contributed by atoms with Gasteiger partial charge in [0.15, 0.2) is 0 Å². The second kappa shape index (κ2) is 12.1. The number of halogens is 1. The number of hydrogen-bond donors (Lipinski definition) is 1. The van der Waals surface area contributed by atoms with E-state index in [9.17, 15) is 14.3 Å². The third-order valence-corrected chi connectivity index (χ3v) is 5.98. The van der Waals surface area contributed by atoms with Crippen LogP contribution in [0.25, 0.3) is 0 Å². The van der Waals surface area contributed by atoms with Crippen molar-refractivity contribution in [2.45, 2.75) is 32.5 Å². The predicted octanol–water partition coefficient (Wildman–Crippen LogP) is 2.49.